The lowest BCUT2D eigenvalue weighted by atomic mass is 10.3. The highest BCUT2D eigenvalue weighted by molar-refractivity contribution is 7.91. The third kappa shape index (κ3) is 3.70. The fourth-order valence-corrected chi connectivity index (χ4v) is 4.27. The number of carbonyl (C=O) groups is 1. The van der Waals surface area contributed by atoms with Crippen molar-refractivity contribution < 1.29 is 13.2 Å². The number of hydrogen-bond acceptors (Lipinski definition) is 4. The number of anilines is 1. The van der Waals surface area contributed by atoms with E-state index in [0.717, 1.165) is 11.4 Å². The number of urea groups is 1. The molecule has 0 unspecified atom stereocenters. The van der Waals surface area contributed by atoms with Crippen LogP contribution >= 0.6 is 0 Å². The van der Waals surface area contributed by atoms with E-state index in [-0.39, 0.29) is 17.5 Å². The second kappa shape index (κ2) is 6.04. The van der Waals surface area contributed by atoms with Crippen molar-refractivity contribution in [1.29, 1.82) is 0 Å². The van der Waals surface area contributed by atoms with Crippen LogP contribution in [-0.2, 0) is 9.84 Å². The highest BCUT2D eigenvalue weighted by Crippen LogP contribution is 2.17. The third-order valence-electron chi connectivity index (χ3n) is 3.64. The molecule has 7 nitrogen and oxygen atoms in total. The summed E-state index contributed by atoms with van der Waals surface area (Å²) >= 11 is 0. The van der Waals surface area contributed by atoms with Crippen molar-refractivity contribution >= 4 is 21.7 Å². The molecule has 0 saturated carbocycles. The predicted molar refractivity (Wildman–Crippen MR) is 87.5 cm³/mol. The first-order chi connectivity index (χ1) is 10.9. The Labute approximate surface area is 134 Å². The normalized spacial score (nSPS) is 19.4. The van der Waals surface area contributed by atoms with E-state index in [1.54, 1.807) is 10.7 Å². The van der Waals surface area contributed by atoms with E-state index in [9.17, 15) is 13.2 Å². The Morgan fingerprint density at radius 1 is 1.30 bits per heavy atom. The van der Waals surface area contributed by atoms with Crippen LogP contribution in [0, 0.1) is 6.92 Å². The number of hydrogen-bond donors (Lipinski definition) is 2. The number of amides is 2. The largest absolute Gasteiger partial charge is 0.334 e. The minimum absolute atomic E-state index is 0.00258. The topological polar surface area (TPSA) is 93.1 Å². The van der Waals surface area contributed by atoms with Crippen LogP contribution < -0.4 is 10.6 Å². The maximum Gasteiger partial charge on any atom is 0.320 e. The van der Waals surface area contributed by atoms with Crippen LogP contribution in [0.15, 0.2) is 36.4 Å². The van der Waals surface area contributed by atoms with Crippen LogP contribution in [0.25, 0.3) is 5.69 Å². The van der Waals surface area contributed by atoms with Crippen LogP contribution in [0.1, 0.15) is 12.1 Å². The molecule has 2 aromatic rings. The smallest absolute Gasteiger partial charge is 0.320 e. The first kappa shape index (κ1) is 15.5. The molecule has 23 heavy (non-hydrogen) atoms. The average molecular weight is 334 g/mol. The van der Waals surface area contributed by atoms with E-state index in [1.165, 1.54) is 0 Å². The van der Waals surface area contributed by atoms with Gasteiger partial charge in [0.05, 0.1) is 22.9 Å². The van der Waals surface area contributed by atoms with Gasteiger partial charge in [0.25, 0.3) is 0 Å². The van der Waals surface area contributed by atoms with E-state index in [2.05, 4.69) is 15.7 Å². The van der Waals surface area contributed by atoms with Gasteiger partial charge in [0.2, 0.25) is 0 Å². The molecule has 0 radical (unpaired) electrons. The molecule has 1 aliphatic rings. The van der Waals surface area contributed by atoms with Crippen LogP contribution in [-0.4, -0.2) is 41.8 Å². The number of aryl methyl sites for hydroxylation is 1. The van der Waals surface area contributed by atoms with Crippen molar-refractivity contribution in [1.82, 2.24) is 15.1 Å². The quantitative estimate of drug-likeness (QED) is 0.889. The van der Waals surface area contributed by atoms with Gasteiger partial charge in [-0.3, -0.25) is 5.32 Å². The minimum Gasteiger partial charge on any atom is -0.334 e. The summed E-state index contributed by atoms with van der Waals surface area (Å²) in [4.78, 5) is 12.1. The third-order valence-corrected chi connectivity index (χ3v) is 5.41. The van der Waals surface area contributed by atoms with Gasteiger partial charge in [-0.05, 0) is 25.5 Å². The Morgan fingerprint density at radius 3 is 2.70 bits per heavy atom. The Hall–Kier alpha value is -2.35. The van der Waals surface area contributed by atoms with Crippen LogP contribution in [0.2, 0.25) is 0 Å². The lowest BCUT2D eigenvalue weighted by molar-refractivity contribution is 0.249. The SMILES string of the molecule is Cc1cc(NC(=O)N[C@@H]2CCS(=O)(=O)C2)n(-c2ccccc2)n1. The van der Waals surface area contributed by atoms with Gasteiger partial charge in [-0.2, -0.15) is 5.10 Å². The number of benzene rings is 1. The molecule has 1 atom stereocenters. The Morgan fingerprint density at radius 2 is 2.04 bits per heavy atom. The molecule has 2 N–H and O–H groups in total. The monoisotopic (exact) mass is 334 g/mol. The lowest BCUT2D eigenvalue weighted by Crippen LogP contribution is -2.39. The van der Waals surface area contributed by atoms with Crippen LogP contribution in [0.3, 0.4) is 0 Å². The Balaban J connectivity index is 1.72. The lowest BCUT2D eigenvalue weighted by Gasteiger charge is -2.13. The molecule has 8 heteroatoms. The molecule has 1 aliphatic heterocycles. The van der Waals surface area contributed by atoms with Crippen molar-refractivity contribution in [2.75, 3.05) is 16.8 Å². The van der Waals surface area contributed by atoms with Crippen molar-refractivity contribution in [2.24, 2.45) is 0 Å². The Kier molecular flexibility index (Phi) is 4.08. The molecule has 122 valence electrons. The highest BCUT2D eigenvalue weighted by atomic mass is 32.2. The first-order valence-electron chi connectivity index (χ1n) is 7.33. The highest BCUT2D eigenvalue weighted by Gasteiger charge is 2.29. The molecule has 0 aliphatic carbocycles. The molecule has 1 saturated heterocycles. The molecule has 1 aromatic heterocycles. The molecule has 3 rings (SSSR count). The molecular weight excluding hydrogens is 316 g/mol. The first-order valence-corrected chi connectivity index (χ1v) is 9.15. The standard InChI is InChI=1S/C15H18N4O3S/c1-11-9-14(19(18-11)13-5-3-2-4-6-13)17-15(20)16-12-7-8-23(21,22)10-12/h2-6,9,12H,7-8,10H2,1H3,(H2,16,17,20)/t12-/m1/s1. The number of para-hydroxylation sites is 1. The van der Waals surface area contributed by atoms with Gasteiger partial charge in [0.1, 0.15) is 5.82 Å². The summed E-state index contributed by atoms with van der Waals surface area (Å²) in [6.45, 7) is 1.84. The summed E-state index contributed by atoms with van der Waals surface area (Å²) in [5.74, 6) is 0.656. The molecule has 1 fully saturated rings. The summed E-state index contributed by atoms with van der Waals surface area (Å²) in [5.41, 5.74) is 1.60. The fraction of sp³-hybridized carbons (Fsp3) is 0.333. The Bertz CT molecular complexity index is 815. The summed E-state index contributed by atoms with van der Waals surface area (Å²) in [7, 11) is -3.02. The van der Waals surface area contributed by atoms with Gasteiger partial charge in [-0.25, -0.2) is 17.9 Å². The molecule has 2 heterocycles. The van der Waals surface area contributed by atoms with Crippen molar-refractivity contribution in [3.05, 3.63) is 42.1 Å². The number of rotatable bonds is 3. The molecule has 1 aromatic carbocycles. The zero-order valence-corrected chi connectivity index (χ0v) is 13.5. The van der Waals surface area contributed by atoms with Crippen molar-refractivity contribution in [2.45, 2.75) is 19.4 Å². The van der Waals surface area contributed by atoms with Gasteiger partial charge in [-0.1, -0.05) is 18.2 Å². The average Bonchev–Trinajstić information content (AvgIpc) is 3.02. The number of carbonyl (C=O) groups excluding carboxylic acids is 1. The molecule has 2 amide bonds. The second-order valence-electron chi connectivity index (χ2n) is 5.62. The van der Waals surface area contributed by atoms with Crippen LogP contribution in [0.4, 0.5) is 10.6 Å². The maximum atomic E-state index is 12.1. The summed E-state index contributed by atoms with van der Waals surface area (Å²) in [6, 6.07) is 10.5. The van der Waals surface area contributed by atoms with Crippen molar-refractivity contribution in [3.8, 4) is 5.69 Å². The van der Waals surface area contributed by atoms with E-state index in [4.69, 9.17) is 0 Å². The molecule has 0 spiro atoms. The van der Waals surface area contributed by atoms with Gasteiger partial charge in [0, 0.05) is 12.1 Å². The predicted octanol–water partition coefficient (Wildman–Crippen LogP) is 1.49. The summed E-state index contributed by atoms with van der Waals surface area (Å²) < 4.78 is 24.5. The van der Waals surface area contributed by atoms with Crippen LogP contribution in [0.5, 0.6) is 0 Å². The number of nitrogens with zero attached hydrogens (tertiary/aromatic N) is 2. The van der Waals surface area contributed by atoms with E-state index in [1.807, 2.05) is 37.3 Å². The number of nitrogens with one attached hydrogen (secondary N) is 2. The minimum atomic E-state index is -3.02. The maximum absolute atomic E-state index is 12.1. The molecule has 0 bridgehead atoms. The fourth-order valence-electron chi connectivity index (χ4n) is 2.60. The van der Waals surface area contributed by atoms with E-state index < -0.39 is 15.9 Å². The van der Waals surface area contributed by atoms with E-state index in [0.29, 0.717) is 12.2 Å². The van der Waals surface area contributed by atoms with Gasteiger partial charge in [0.15, 0.2) is 9.84 Å². The second-order valence-corrected chi connectivity index (χ2v) is 7.85. The summed E-state index contributed by atoms with van der Waals surface area (Å²) in [5, 5.41) is 9.81. The van der Waals surface area contributed by atoms with Gasteiger partial charge in [-0.15, -0.1) is 0 Å². The molecular formula is C15H18N4O3S. The number of aromatic nitrogens is 2. The van der Waals surface area contributed by atoms with Gasteiger partial charge < -0.3 is 5.32 Å². The zero-order chi connectivity index (χ0) is 16.4. The van der Waals surface area contributed by atoms with Gasteiger partial charge >= 0.3 is 6.03 Å². The van der Waals surface area contributed by atoms with E-state index >= 15 is 0 Å². The number of sulfone groups is 1. The summed E-state index contributed by atoms with van der Waals surface area (Å²) in [6.07, 6.45) is 0.451. The van der Waals surface area contributed by atoms with Crippen molar-refractivity contribution in [3.63, 3.8) is 0 Å². The zero-order valence-electron chi connectivity index (χ0n) is 12.7.